The third kappa shape index (κ3) is 3.14. The van der Waals surface area contributed by atoms with Crippen molar-refractivity contribution in [2.45, 2.75) is 37.5 Å². The van der Waals surface area contributed by atoms with E-state index >= 15 is 0 Å². The molecule has 3 unspecified atom stereocenters. The van der Waals surface area contributed by atoms with E-state index < -0.39 is 6.10 Å². The summed E-state index contributed by atoms with van der Waals surface area (Å²) in [6.07, 6.45) is 3.34. The minimum absolute atomic E-state index is 0.443. The molecule has 0 spiro atoms. The number of rotatable bonds is 4. The summed E-state index contributed by atoms with van der Waals surface area (Å²) in [6, 6.07) is 9.04. The molecule has 0 radical (unpaired) electrons. The fourth-order valence-corrected chi connectivity index (χ4v) is 3.38. The van der Waals surface area contributed by atoms with Crippen LogP contribution in [0.1, 0.15) is 30.9 Å². The maximum absolute atomic E-state index is 10.4. The van der Waals surface area contributed by atoms with E-state index in [0.29, 0.717) is 18.6 Å². The highest BCUT2D eigenvalue weighted by Crippen LogP contribution is 2.24. The Hall–Kier alpha value is -1.10. The summed E-state index contributed by atoms with van der Waals surface area (Å²) in [7, 11) is 1.66. The lowest BCUT2D eigenvalue weighted by Crippen LogP contribution is -2.37. The molecule has 2 fully saturated rings. The Balaban J connectivity index is 1.61. The molecule has 0 aromatic heterocycles. The van der Waals surface area contributed by atoms with E-state index in [9.17, 15) is 5.11 Å². The number of likely N-dealkylation sites (tertiary alicyclic amines) is 1. The number of β-amino-alcohol motifs (C(OH)–C–C–N with tert-alkyl or cyclic N) is 1. The maximum atomic E-state index is 10.4. The minimum atomic E-state index is -0.443. The number of ether oxygens (including phenoxy) is 1. The molecular formula is C16H24N2O2. The summed E-state index contributed by atoms with van der Waals surface area (Å²) < 4.78 is 5.22. The molecule has 0 amide bonds. The molecule has 3 rings (SSSR count). The van der Waals surface area contributed by atoms with E-state index in [4.69, 9.17) is 4.74 Å². The molecular weight excluding hydrogens is 252 g/mol. The zero-order valence-electron chi connectivity index (χ0n) is 12.1. The average Bonchev–Trinajstić information content (AvgIpc) is 2.81. The molecule has 2 aliphatic rings. The van der Waals surface area contributed by atoms with Gasteiger partial charge in [-0.2, -0.15) is 0 Å². The summed E-state index contributed by atoms with van der Waals surface area (Å²) in [5.41, 5.74) is 0.937. The van der Waals surface area contributed by atoms with E-state index in [1.807, 2.05) is 24.3 Å². The number of hydrogen-bond acceptors (Lipinski definition) is 4. The first-order valence-electron chi connectivity index (χ1n) is 7.55. The van der Waals surface area contributed by atoms with Gasteiger partial charge in [-0.1, -0.05) is 12.1 Å². The van der Waals surface area contributed by atoms with E-state index in [-0.39, 0.29) is 0 Å². The van der Waals surface area contributed by atoms with Crippen LogP contribution in [-0.4, -0.2) is 48.8 Å². The minimum Gasteiger partial charge on any atom is -0.497 e. The summed E-state index contributed by atoms with van der Waals surface area (Å²) in [4.78, 5) is 2.39. The molecule has 0 aliphatic carbocycles. The highest BCUT2D eigenvalue weighted by Gasteiger charge is 2.29. The molecule has 0 saturated carbocycles. The predicted octanol–water partition coefficient (Wildman–Crippen LogP) is 1.55. The van der Waals surface area contributed by atoms with Crippen molar-refractivity contribution in [1.82, 2.24) is 10.2 Å². The van der Waals surface area contributed by atoms with Crippen molar-refractivity contribution in [3.8, 4) is 5.75 Å². The number of benzene rings is 1. The second-order valence-corrected chi connectivity index (χ2v) is 5.98. The van der Waals surface area contributed by atoms with Gasteiger partial charge in [-0.05, 0) is 43.5 Å². The smallest absolute Gasteiger partial charge is 0.119 e. The highest BCUT2D eigenvalue weighted by atomic mass is 16.5. The standard InChI is InChI=1S/C16H24N2O2/c1-20-15-4-2-3-12(9-15)16(19)11-18-8-7-13-5-6-14(10-18)17-13/h2-4,9,13-14,16-17,19H,5-8,10-11H2,1H3. The van der Waals surface area contributed by atoms with E-state index in [2.05, 4.69) is 10.2 Å². The van der Waals surface area contributed by atoms with Crippen LogP contribution in [0.15, 0.2) is 24.3 Å². The Morgan fingerprint density at radius 2 is 2.20 bits per heavy atom. The lowest BCUT2D eigenvalue weighted by Gasteiger charge is -2.26. The van der Waals surface area contributed by atoms with Crippen LogP contribution in [0.25, 0.3) is 0 Å². The van der Waals surface area contributed by atoms with Crippen molar-refractivity contribution in [3.63, 3.8) is 0 Å². The van der Waals surface area contributed by atoms with Crippen LogP contribution in [0, 0.1) is 0 Å². The van der Waals surface area contributed by atoms with E-state index in [1.165, 1.54) is 19.3 Å². The van der Waals surface area contributed by atoms with Gasteiger partial charge in [-0.15, -0.1) is 0 Å². The Bertz CT molecular complexity index is 452. The molecule has 4 heteroatoms. The third-order valence-corrected chi connectivity index (χ3v) is 4.52. The molecule has 1 aromatic rings. The number of aliphatic hydroxyl groups excluding tert-OH is 1. The molecule has 2 aliphatic heterocycles. The van der Waals surface area contributed by atoms with Crippen LogP contribution in [0.5, 0.6) is 5.75 Å². The molecule has 4 nitrogen and oxygen atoms in total. The van der Waals surface area contributed by atoms with Crippen molar-refractivity contribution in [2.24, 2.45) is 0 Å². The Morgan fingerprint density at radius 1 is 1.35 bits per heavy atom. The summed E-state index contributed by atoms with van der Waals surface area (Å²) >= 11 is 0. The van der Waals surface area contributed by atoms with Gasteiger partial charge in [0.15, 0.2) is 0 Å². The van der Waals surface area contributed by atoms with Gasteiger partial charge in [0, 0.05) is 25.2 Å². The van der Waals surface area contributed by atoms with Crippen LogP contribution in [-0.2, 0) is 0 Å². The van der Waals surface area contributed by atoms with Crippen LogP contribution in [0.2, 0.25) is 0 Å². The van der Waals surface area contributed by atoms with Crippen molar-refractivity contribution >= 4 is 0 Å². The number of nitrogens with zero attached hydrogens (tertiary/aromatic N) is 1. The summed E-state index contributed by atoms with van der Waals surface area (Å²) in [6.45, 7) is 2.84. The Morgan fingerprint density at radius 3 is 3.05 bits per heavy atom. The Kier molecular flexibility index (Phi) is 4.24. The molecule has 2 N–H and O–H groups in total. The highest BCUT2D eigenvalue weighted by molar-refractivity contribution is 5.29. The molecule has 20 heavy (non-hydrogen) atoms. The van der Waals surface area contributed by atoms with E-state index in [1.54, 1.807) is 7.11 Å². The number of methoxy groups -OCH3 is 1. The summed E-state index contributed by atoms with van der Waals surface area (Å²) in [5, 5.41) is 14.1. The van der Waals surface area contributed by atoms with Crippen molar-refractivity contribution in [3.05, 3.63) is 29.8 Å². The Labute approximate surface area is 120 Å². The van der Waals surface area contributed by atoms with Gasteiger partial charge >= 0.3 is 0 Å². The number of fused-ring (bicyclic) bond motifs is 2. The first-order chi connectivity index (χ1) is 9.74. The number of hydrogen-bond donors (Lipinski definition) is 2. The van der Waals surface area contributed by atoms with Gasteiger partial charge in [0.2, 0.25) is 0 Å². The number of nitrogens with one attached hydrogen (secondary N) is 1. The normalized spacial score (nSPS) is 28.1. The molecule has 2 saturated heterocycles. The van der Waals surface area contributed by atoms with Gasteiger partial charge in [-0.25, -0.2) is 0 Å². The van der Waals surface area contributed by atoms with E-state index in [0.717, 1.165) is 24.4 Å². The van der Waals surface area contributed by atoms with Gasteiger partial charge < -0.3 is 15.2 Å². The number of aliphatic hydroxyl groups is 1. The maximum Gasteiger partial charge on any atom is 0.119 e. The second kappa shape index (κ2) is 6.12. The molecule has 110 valence electrons. The summed E-state index contributed by atoms with van der Waals surface area (Å²) in [5.74, 6) is 0.804. The fourth-order valence-electron chi connectivity index (χ4n) is 3.38. The lowest BCUT2D eigenvalue weighted by atomic mass is 10.1. The molecule has 2 bridgehead atoms. The predicted molar refractivity (Wildman–Crippen MR) is 79.0 cm³/mol. The van der Waals surface area contributed by atoms with Crippen molar-refractivity contribution < 1.29 is 9.84 Å². The topological polar surface area (TPSA) is 44.7 Å². The lowest BCUT2D eigenvalue weighted by molar-refractivity contribution is 0.110. The first-order valence-corrected chi connectivity index (χ1v) is 7.55. The molecule has 3 atom stereocenters. The zero-order chi connectivity index (χ0) is 13.9. The van der Waals surface area contributed by atoms with Crippen LogP contribution < -0.4 is 10.1 Å². The molecule has 2 heterocycles. The quantitative estimate of drug-likeness (QED) is 0.876. The monoisotopic (exact) mass is 276 g/mol. The fraction of sp³-hybridized carbons (Fsp3) is 0.625. The van der Waals surface area contributed by atoms with Crippen LogP contribution in [0.3, 0.4) is 0 Å². The van der Waals surface area contributed by atoms with Crippen molar-refractivity contribution in [1.29, 1.82) is 0 Å². The van der Waals surface area contributed by atoms with Gasteiger partial charge in [0.25, 0.3) is 0 Å². The van der Waals surface area contributed by atoms with Gasteiger partial charge in [0.1, 0.15) is 5.75 Å². The third-order valence-electron chi connectivity index (χ3n) is 4.52. The second-order valence-electron chi connectivity index (χ2n) is 5.98. The van der Waals surface area contributed by atoms with Gasteiger partial charge in [-0.3, -0.25) is 4.90 Å². The van der Waals surface area contributed by atoms with Crippen LogP contribution in [0.4, 0.5) is 0 Å². The van der Waals surface area contributed by atoms with Crippen molar-refractivity contribution in [2.75, 3.05) is 26.7 Å². The largest absolute Gasteiger partial charge is 0.497 e. The first kappa shape index (κ1) is 13.9. The SMILES string of the molecule is COc1cccc(C(O)CN2CCC3CCC(C2)N3)c1. The molecule has 1 aromatic carbocycles. The zero-order valence-corrected chi connectivity index (χ0v) is 12.1. The van der Waals surface area contributed by atoms with Crippen LogP contribution >= 0.6 is 0 Å². The average molecular weight is 276 g/mol. The van der Waals surface area contributed by atoms with Gasteiger partial charge in [0.05, 0.1) is 13.2 Å².